The highest BCUT2D eigenvalue weighted by Crippen LogP contribution is 2.32. The smallest absolute Gasteiger partial charge is 0.328 e. The molecule has 0 saturated carbocycles. The minimum atomic E-state index is 0.0250. The van der Waals surface area contributed by atoms with Crippen LogP contribution in [0.5, 0.6) is 11.8 Å². The molecule has 142 valence electrons. The van der Waals surface area contributed by atoms with Crippen LogP contribution < -0.4 is 15.8 Å². The third-order valence-electron chi connectivity index (χ3n) is 3.95. The molecule has 9 heteroatoms. The lowest BCUT2D eigenvalue weighted by atomic mass is 10.1. The molecule has 0 atom stereocenters. The van der Waals surface area contributed by atoms with E-state index in [0.717, 1.165) is 19.7 Å². The van der Waals surface area contributed by atoms with Crippen molar-refractivity contribution < 1.29 is 4.74 Å². The first-order valence-corrected chi connectivity index (χ1v) is 9.94. The highest BCUT2D eigenvalue weighted by Gasteiger charge is 2.09. The quantitative estimate of drug-likeness (QED) is 0.370. The van der Waals surface area contributed by atoms with E-state index in [2.05, 4.69) is 58.2 Å². The molecule has 3 N–H and O–H groups in total. The van der Waals surface area contributed by atoms with Crippen molar-refractivity contribution in [2.45, 2.75) is 0 Å². The van der Waals surface area contributed by atoms with Crippen molar-refractivity contribution in [1.82, 2.24) is 15.0 Å². The van der Waals surface area contributed by atoms with Gasteiger partial charge in [0.25, 0.3) is 0 Å². The second-order valence-electron chi connectivity index (χ2n) is 5.99. The maximum absolute atomic E-state index is 8.89. The zero-order valence-corrected chi connectivity index (χ0v) is 17.9. The van der Waals surface area contributed by atoms with E-state index >= 15 is 0 Å². The van der Waals surface area contributed by atoms with Crippen LogP contribution in [-0.2, 0) is 0 Å². The van der Waals surface area contributed by atoms with Gasteiger partial charge in [-0.25, -0.2) is 0 Å². The topological polar surface area (TPSA) is 110 Å². The van der Waals surface area contributed by atoms with Gasteiger partial charge in [-0.1, -0.05) is 37.9 Å². The summed E-state index contributed by atoms with van der Waals surface area (Å²) in [7, 11) is 0. The molecule has 0 radical (unpaired) electrons. The molecule has 0 bridgehead atoms. The van der Waals surface area contributed by atoms with Crippen molar-refractivity contribution in [3.05, 3.63) is 69.1 Å². The number of nitrogens with one attached hydrogen (secondary N) is 1. The van der Waals surface area contributed by atoms with Gasteiger partial charge >= 0.3 is 6.01 Å². The molecule has 29 heavy (non-hydrogen) atoms. The predicted molar refractivity (Wildman–Crippen MR) is 118 cm³/mol. The van der Waals surface area contributed by atoms with Crippen molar-refractivity contribution in [1.29, 1.82) is 5.26 Å². The molecule has 1 aromatic heterocycles. The van der Waals surface area contributed by atoms with Crippen molar-refractivity contribution in [3.63, 3.8) is 0 Å². The molecule has 3 aromatic carbocycles. The van der Waals surface area contributed by atoms with Gasteiger partial charge in [0.15, 0.2) is 0 Å². The highest BCUT2D eigenvalue weighted by molar-refractivity contribution is 9.11. The van der Waals surface area contributed by atoms with E-state index in [1.54, 1.807) is 24.3 Å². The Morgan fingerprint density at radius 2 is 1.76 bits per heavy atom. The first-order valence-electron chi connectivity index (χ1n) is 8.35. The van der Waals surface area contributed by atoms with E-state index in [9.17, 15) is 0 Å². The molecule has 0 spiro atoms. The fourth-order valence-corrected chi connectivity index (χ4v) is 4.03. The molecule has 0 amide bonds. The zero-order valence-electron chi connectivity index (χ0n) is 14.7. The fraction of sp³-hybridized carbons (Fsp3) is 0. The van der Waals surface area contributed by atoms with E-state index in [0.29, 0.717) is 17.0 Å². The summed E-state index contributed by atoms with van der Waals surface area (Å²) in [6, 6.07) is 18.7. The summed E-state index contributed by atoms with van der Waals surface area (Å²) in [5.74, 6) is 0.829. The minimum absolute atomic E-state index is 0.0250. The number of ether oxygens (including phenoxy) is 1. The van der Waals surface area contributed by atoms with Crippen LogP contribution in [0.3, 0.4) is 0 Å². The number of fused-ring (bicyclic) bond motifs is 1. The van der Waals surface area contributed by atoms with Crippen molar-refractivity contribution >= 4 is 60.2 Å². The monoisotopic (exact) mass is 510 g/mol. The lowest BCUT2D eigenvalue weighted by Crippen LogP contribution is -2.05. The Morgan fingerprint density at radius 1 is 0.966 bits per heavy atom. The molecule has 1 heterocycles. The number of nitrogen functional groups attached to an aromatic ring is 1. The van der Waals surface area contributed by atoms with E-state index < -0.39 is 0 Å². The third kappa shape index (κ3) is 4.45. The number of benzene rings is 3. The standard InChI is InChI=1S/C20H12Br2N6O/c21-13-7-12-3-6-15(9-16(12)17(22)8-13)29-20-27-18(24)26-19(28-20)25-14-4-1-11(10-23)2-5-14/h1-9H,(H3,24,25,26,27,28). The van der Waals surface area contributed by atoms with Gasteiger partial charge < -0.3 is 15.8 Å². The molecular weight excluding hydrogens is 500 g/mol. The van der Waals surface area contributed by atoms with Crippen LogP contribution in [0.2, 0.25) is 0 Å². The van der Waals surface area contributed by atoms with Crippen LogP contribution in [-0.4, -0.2) is 15.0 Å². The van der Waals surface area contributed by atoms with Crippen molar-refractivity contribution in [2.24, 2.45) is 0 Å². The van der Waals surface area contributed by atoms with E-state index in [1.165, 1.54) is 0 Å². The molecular formula is C20H12Br2N6O. The maximum atomic E-state index is 8.89. The molecule has 0 saturated heterocycles. The number of nitriles is 1. The van der Waals surface area contributed by atoms with Gasteiger partial charge in [0.05, 0.1) is 11.6 Å². The number of anilines is 3. The summed E-state index contributed by atoms with van der Waals surface area (Å²) < 4.78 is 7.73. The minimum Gasteiger partial charge on any atom is -0.424 e. The highest BCUT2D eigenvalue weighted by atomic mass is 79.9. The molecule has 0 aliphatic rings. The number of nitrogens with zero attached hydrogens (tertiary/aromatic N) is 4. The van der Waals surface area contributed by atoms with Crippen LogP contribution >= 0.6 is 31.9 Å². The molecule has 4 rings (SSSR count). The molecule has 0 aliphatic heterocycles. The Balaban J connectivity index is 1.60. The van der Waals surface area contributed by atoms with Crippen LogP contribution in [0.1, 0.15) is 5.56 Å². The molecule has 0 unspecified atom stereocenters. The number of halogens is 2. The average molecular weight is 512 g/mol. The Labute approximate surface area is 182 Å². The molecule has 7 nitrogen and oxygen atoms in total. The van der Waals surface area contributed by atoms with E-state index in [4.69, 9.17) is 15.7 Å². The molecule has 0 fully saturated rings. The molecule has 0 aliphatic carbocycles. The van der Waals surface area contributed by atoms with Crippen molar-refractivity contribution in [3.8, 4) is 17.8 Å². The molecule has 4 aromatic rings. The predicted octanol–water partition coefficient (Wildman–Crippen LogP) is 5.54. The van der Waals surface area contributed by atoms with Gasteiger partial charge in [-0.05, 0) is 59.3 Å². The first kappa shape index (κ1) is 19.1. The maximum Gasteiger partial charge on any atom is 0.328 e. The average Bonchev–Trinajstić information content (AvgIpc) is 2.68. The van der Waals surface area contributed by atoms with Gasteiger partial charge in [0.1, 0.15) is 5.75 Å². The summed E-state index contributed by atoms with van der Waals surface area (Å²) >= 11 is 7.04. The van der Waals surface area contributed by atoms with Crippen LogP contribution in [0, 0.1) is 11.3 Å². The summed E-state index contributed by atoms with van der Waals surface area (Å²) in [6.45, 7) is 0. The van der Waals surface area contributed by atoms with Gasteiger partial charge in [0, 0.05) is 14.6 Å². The van der Waals surface area contributed by atoms with Gasteiger partial charge in [-0.15, -0.1) is 0 Å². The lowest BCUT2D eigenvalue weighted by Gasteiger charge is -2.09. The Hall–Kier alpha value is -3.22. The number of hydrogen-bond donors (Lipinski definition) is 2. The SMILES string of the molecule is N#Cc1ccc(Nc2nc(N)nc(Oc3ccc4cc(Br)cc(Br)c4c3)n2)cc1. The largest absolute Gasteiger partial charge is 0.424 e. The Morgan fingerprint density at radius 3 is 2.52 bits per heavy atom. The van der Waals surface area contributed by atoms with Crippen LogP contribution in [0.4, 0.5) is 17.6 Å². The van der Waals surface area contributed by atoms with Crippen LogP contribution in [0.15, 0.2) is 63.5 Å². The third-order valence-corrected chi connectivity index (χ3v) is 5.07. The van der Waals surface area contributed by atoms with E-state index in [1.807, 2.05) is 30.3 Å². The zero-order chi connectivity index (χ0) is 20.4. The van der Waals surface area contributed by atoms with Crippen LogP contribution in [0.25, 0.3) is 10.8 Å². The Bertz CT molecular complexity index is 1250. The second kappa shape index (κ2) is 8.03. The summed E-state index contributed by atoms with van der Waals surface area (Å²) in [5.41, 5.74) is 7.07. The number of aromatic nitrogens is 3. The van der Waals surface area contributed by atoms with Gasteiger partial charge in [-0.3, -0.25) is 0 Å². The summed E-state index contributed by atoms with van der Waals surface area (Å²) in [6.07, 6.45) is 0. The van der Waals surface area contributed by atoms with Gasteiger partial charge in [0.2, 0.25) is 11.9 Å². The summed E-state index contributed by atoms with van der Waals surface area (Å²) in [4.78, 5) is 12.4. The number of hydrogen-bond acceptors (Lipinski definition) is 7. The normalized spacial score (nSPS) is 10.5. The van der Waals surface area contributed by atoms with E-state index in [-0.39, 0.29) is 17.9 Å². The lowest BCUT2D eigenvalue weighted by molar-refractivity contribution is 0.442. The van der Waals surface area contributed by atoms with Gasteiger partial charge in [-0.2, -0.15) is 20.2 Å². The fourth-order valence-electron chi connectivity index (χ4n) is 2.66. The number of nitrogens with two attached hydrogens (primary N) is 1. The first-order chi connectivity index (χ1) is 14.0. The Kier molecular flexibility index (Phi) is 5.29. The number of rotatable bonds is 4. The van der Waals surface area contributed by atoms with Crippen molar-refractivity contribution in [2.75, 3.05) is 11.1 Å². The second-order valence-corrected chi connectivity index (χ2v) is 7.76. The summed E-state index contributed by atoms with van der Waals surface area (Å²) in [5, 5.41) is 14.0.